The number of rotatable bonds is 4. The van der Waals surface area contributed by atoms with E-state index in [1.807, 2.05) is 0 Å². The van der Waals surface area contributed by atoms with Gasteiger partial charge in [-0.25, -0.2) is 4.98 Å². The highest BCUT2D eigenvalue weighted by atomic mass is 16.5. The Labute approximate surface area is 111 Å². The second kappa shape index (κ2) is 6.14. The number of imidazole rings is 1. The second-order valence-corrected chi connectivity index (χ2v) is 4.70. The van der Waals surface area contributed by atoms with Crippen LogP contribution < -0.4 is 5.32 Å². The normalized spacial score (nSPS) is 27.2. The molecule has 1 aromatic heterocycles. The molecule has 1 fully saturated rings. The molecule has 19 heavy (non-hydrogen) atoms. The van der Waals surface area contributed by atoms with Crippen molar-refractivity contribution in [2.45, 2.75) is 12.2 Å². The van der Waals surface area contributed by atoms with Crippen molar-refractivity contribution in [1.29, 1.82) is 0 Å². The molecule has 3 atom stereocenters. The summed E-state index contributed by atoms with van der Waals surface area (Å²) in [5.74, 6) is -0.432. The van der Waals surface area contributed by atoms with Gasteiger partial charge in [-0.1, -0.05) is 0 Å². The predicted octanol–water partition coefficient (Wildman–Crippen LogP) is -0.828. The highest BCUT2D eigenvalue weighted by Crippen LogP contribution is 2.16. The van der Waals surface area contributed by atoms with E-state index in [1.54, 1.807) is 24.1 Å². The second-order valence-electron chi connectivity index (χ2n) is 4.70. The lowest BCUT2D eigenvalue weighted by Crippen LogP contribution is -2.49. The SMILES string of the molecule is CO[C@@H]1COC[C@@H](CNC(=O)c2cn(C)cn2)[C@@H]1O. The fourth-order valence-electron chi connectivity index (χ4n) is 2.07. The fraction of sp³-hybridized carbons (Fsp3) is 0.667. The van der Waals surface area contributed by atoms with E-state index in [2.05, 4.69) is 10.3 Å². The summed E-state index contributed by atoms with van der Waals surface area (Å²) < 4.78 is 12.2. The maximum atomic E-state index is 11.8. The van der Waals surface area contributed by atoms with Gasteiger partial charge >= 0.3 is 0 Å². The number of nitrogens with zero attached hydrogens (tertiary/aromatic N) is 2. The smallest absolute Gasteiger partial charge is 0.271 e. The molecule has 1 aliphatic rings. The molecule has 2 heterocycles. The van der Waals surface area contributed by atoms with Crippen LogP contribution in [0.1, 0.15) is 10.5 Å². The molecule has 1 aliphatic heterocycles. The average molecular weight is 269 g/mol. The Kier molecular flexibility index (Phi) is 4.52. The van der Waals surface area contributed by atoms with Crippen molar-refractivity contribution >= 4 is 5.91 Å². The van der Waals surface area contributed by atoms with Gasteiger partial charge in [0.25, 0.3) is 5.91 Å². The number of aryl methyl sites for hydroxylation is 1. The third kappa shape index (κ3) is 3.31. The minimum absolute atomic E-state index is 0.175. The number of hydrogen-bond donors (Lipinski definition) is 2. The minimum atomic E-state index is -0.636. The van der Waals surface area contributed by atoms with E-state index in [0.717, 1.165) is 0 Å². The number of aliphatic hydroxyl groups excluding tert-OH is 1. The molecule has 106 valence electrons. The molecule has 0 unspecified atom stereocenters. The van der Waals surface area contributed by atoms with Crippen LogP contribution in [0.2, 0.25) is 0 Å². The Bertz CT molecular complexity index is 434. The summed E-state index contributed by atoms with van der Waals surface area (Å²) in [7, 11) is 3.33. The third-order valence-electron chi connectivity index (χ3n) is 3.24. The molecule has 0 spiro atoms. The van der Waals surface area contributed by atoms with E-state index in [9.17, 15) is 9.90 Å². The van der Waals surface area contributed by atoms with E-state index >= 15 is 0 Å². The lowest BCUT2D eigenvalue weighted by molar-refractivity contribution is -0.132. The van der Waals surface area contributed by atoms with Crippen LogP contribution in [0.4, 0.5) is 0 Å². The van der Waals surface area contributed by atoms with E-state index in [4.69, 9.17) is 9.47 Å². The summed E-state index contributed by atoms with van der Waals surface area (Å²) in [6, 6.07) is 0. The highest BCUT2D eigenvalue weighted by molar-refractivity contribution is 5.91. The number of aliphatic hydroxyl groups is 1. The lowest BCUT2D eigenvalue weighted by Gasteiger charge is -2.33. The van der Waals surface area contributed by atoms with Gasteiger partial charge in [-0.2, -0.15) is 0 Å². The molecule has 1 aromatic rings. The number of ether oxygens (including phenoxy) is 2. The van der Waals surface area contributed by atoms with Gasteiger partial charge in [-0.05, 0) is 0 Å². The van der Waals surface area contributed by atoms with E-state index < -0.39 is 6.10 Å². The molecule has 0 bridgehead atoms. The van der Waals surface area contributed by atoms with Crippen LogP contribution in [-0.2, 0) is 16.5 Å². The van der Waals surface area contributed by atoms with Crippen LogP contribution in [0, 0.1) is 5.92 Å². The standard InChI is InChI=1S/C12H19N3O4/c1-15-4-9(14-7-15)12(17)13-3-8-5-19-6-10(18-2)11(8)16/h4,7-8,10-11,16H,3,5-6H2,1-2H3,(H,13,17)/t8-,10-,11+/m1/s1. The van der Waals surface area contributed by atoms with Crippen molar-refractivity contribution in [3.05, 3.63) is 18.2 Å². The Morgan fingerprint density at radius 1 is 1.68 bits per heavy atom. The number of aromatic nitrogens is 2. The molecule has 0 aromatic carbocycles. The first-order chi connectivity index (χ1) is 9.11. The van der Waals surface area contributed by atoms with Crippen molar-refractivity contribution < 1.29 is 19.4 Å². The number of amides is 1. The van der Waals surface area contributed by atoms with Gasteiger partial charge in [0.2, 0.25) is 0 Å². The lowest BCUT2D eigenvalue weighted by atomic mass is 9.96. The van der Waals surface area contributed by atoms with Crippen molar-refractivity contribution in [1.82, 2.24) is 14.9 Å². The van der Waals surface area contributed by atoms with E-state index in [1.165, 1.54) is 7.11 Å². The van der Waals surface area contributed by atoms with E-state index in [-0.39, 0.29) is 17.9 Å². The van der Waals surface area contributed by atoms with Gasteiger partial charge < -0.3 is 24.5 Å². The van der Waals surface area contributed by atoms with Crippen LogP contribution in [0.5, 0.6) is 0 Å². The van der Waals surface area contributed by atoms with Gasteiger partial charge in [0.05, 0.1) is 25.6 Å². The van der Waals surface area contributed by atoms with Crippen LogP contribution in [0.3, 0.4) is 0 Å². The van der Waals surface area contributed by atoms with Crippen LogP contribution >= 0.6 is 0 Å². The highest BCUT2D eigenvalue weighted by Gasteiger charge is 2.32. The summed E-state index contributed by atoms with van der Waals surface area (Å²) >= 11 is 0. The first kappa shape index (κ1) is 14.0. The molecule has 7 heteroatoms. The molecule has 7 nitrogen and oxygen atoms in total. The maximum absolute atomic E-state index is 11.8. The largest absolute Gasteiger partial charge is 0.390 e. The number of nitrogens with one attached hydrogen (secondary N) is 1. The molecule has 2 N–H and O–H groups in total. The number of carbonyl (C=O) groups excluding carboxylic acids is 1. The van der Waals surface area contributed by atoms with Gasteiger partial charge in [0, 0.05) is 32.8 Å². The first-order valence-electron chi connectivity index (χ1n) is 6.16. The Hall–Kier alpha value is -1.44. The van der Waals surface area contributed by atoms with Gasteiger partial charge in [-0.15, -0.1) is 0 Å². The summed E-state index contributed by atoms with van der Waals surface area (Å²) in [6.45, 7) is 1.11. The molecule has 0 radical (unpaired) electrons. The zero-order chi connectivity index (χ0) is 13.8. The number of carbonyl (C=O) groups is 1. The molecule has 0 aliphatic carbocycles. The predicted molar refractivity (Wildman–Crippen MR) is 66.7 cm³/mol. The topological polar surface area (TPSA) is 85.6 Å². The van der Waals surface area contributed by atoms with Crippen molar-refractivity contribution in [2.24, 2.45) is 13.0 Å². The number of methoxy groups -OCH3 is 1. The summed E-state index contributed by atoms with van der Waals surface area (Å²) in [5, 5.41) is 12.8. The first-order valence-corrected chi connectivity index (χ1v) is 6.16. The van der Waals surface area contributed by atoms with Crippen LogP contribution in [0.15, 0.2) is 12.5 Å². The van der Waals surface area contributed by atoms with Crippen molar-refractivity contribution in [2.75, 3.05) is 26.9 Å². The van der Waals surface area contributed by atoms with Crippen molar-refractivity contribution in [3.8, 4) is 0 Å². The Morgan fingerprint density at radius 3 is 3.11 bits per heavy atom. The Balaban J connectivity index is 1.86. The monoisotopic (exact) mass is 269 g/mol. The summed E-state index contributed by atoms with van der Waals surface area (Å²) in [5.41, 5.74) is 0.358. The van der Waals surface area contributed by atoms with E-state index in [0.29, 0.717) is 25.5 Å². The fourth-order valence-corrected chi connectivity index (χ4v) is 2.07. The van der Waals surface area contributed by atoms with Gasteiger partial charge in [-0.3, -0.25) is 4.79 Å². The zero-order valence-corrected chi connectivity index (χ0v) is 11.1. The quantitative estimate of drug-likeness (QED) is 0.745. The van der Waals surface area contributed by atoms with Crippen LogP contribution in [0.25, 0.3) is 0 Å². The average Bonchev–Trinajstić information content (AvgIpc) is 2.84. The molecule has 0 saturated carbocycles. The molecule has 1 amide bonds. The molecule has 1 saturated heterocycles. The van der Waals surface area contributed by atoms with Crippen LogP contribution in [-0.4, -0.2) is 59.6 Å². The van der Waals surface area contributed by atoms with Crippen molar-refractivity contribution in [3.63, 3.8) is 0 Å². The van der Waals surface area contributed by atoms with Gasteiger partial charge in [0.15, 0.2) is 0 Å². The summed E-state index contributed by atoms with van der Waals surface area (Å²) in [4.78, 5) is 15.8. The molecular formula is C12H19N3O4. The van der Waals surface area contributed by atoms with Gasteiger partial charge in [0.1, 0.15) is 11.8 Å². The molecular weight excluding hydrogens is 250 g/mol. The summed E-state index contributed by atoms with van der Waals surface area (Å²) in [6.07, 6.45) is 2.23. The zero-order valence-electron chi connectivity index (χ0n) is 11.1. The number of hydrogen-bond acceptors (Lipinski definition) is 5. The third-order valence-corrected chi connectivity index (χ3v) is 3.24. The minimum Gasteiger partial charge on any atom is -0.390 e. The Morgan fingerprint density at radius 2 is 2.47 bits per heavy atom. The molecule has 2 rings (SSSR count). The maximum Gasteiger partial charge on any atom is 0.271 e.